The Morgan fingerprint density at radius 3 is 2.09 bits per heavy atom. The van der Waals surface area contributed by atoms with E-state index in [1.54, 1.807) is 0 Å². The molecule has 0 unspecified atom stereocenters. The molecular formula is C18H27N3O2. The Bertz CT molecular complexity index is 506. The van der Waals surface area contributed by atoms with Crippen LogP contribution in [0.5, 0.6) is 0 Å². The summed E-state index contributed by atoms with van der Waals surface area (Å²) in [5.41, 5.74) is 0.716. The number of nitrogens with zero attached hydrogens (tertiary/aromatic N) is 3. The highest BCUT2D eigenvalue weighted by Gasteiger charge is 2.24. The summed E-state index contributed by atoms with van der Waals surface area (Å²) in [6.45, 7) is 9.49. The van der Waals surface area contributed by atoms with Gasteiger partial charge in [0.25, 0.3) is 5.91 Å². The molecule has 1 fully saturated rings. The van der Waals surface area contributed by atoms with Gasteiger partial charge in [0.1, 0.15) is 0 Å². The van der Waals surface area contributed by atoms with Crippen molar-refractivity contribution in [1.82, 2.24) is 14.7 Å². The van der Waals surface area contributed by atoms with E-state index in [1.165, 1.54) is 0 Å². The monoisotopic (exact) mass is 317 g/mol. The van der Waals surface area contributed by atoms with Gasteiger partial charge in [-0.05, 0) is 25.2 Å². The van der Waals surface area contributed by atoms with E-state index in [0.29, 0.717) is 38.2 Å². The molecule has 0 atom stereocenters. The number of benzene rings is 1. The fourth-order valence-corrected chi connectivity index (χ4v) is 2.87. The molecular weight excluding hydrogens is 290 g/mol. The minimum Gasteiger partial charge on any atom is -0.339 e. The van der Waals surface area contributed by atoms with Crippen molar-refractivity contribution in [1.29, 1.82) is 0 Å². The topological polar surface area (TPSA) is 43.9 Å². The number of hydrogen-bond donors (Lipinski definition) is 0. The van der Waals surface area contributed by atoms with Crippen molar-refractivity contribution in [3.05, 3.63) is 35.9 Å². The number of hydrogen-bond acceptors (Lipinski definition) is 3. The molecule has 0 radical (unpaired) electrons. The van der Waals surface area contributed by atoms with Crippen molar-refractivity contribution in [2.45, 2.75) is 20.3 Å². The van der Waals surface area contributed by atoms with E-state index in [2.05, 4.69) is 18.7 Å². The van der Waals surface area contributed by atoms with Crippen molar-refractivity contribution < 1.29 is 9.59 Å². The predicted molar refractivity (Wildman–Crippen MR) is 91.3 cm³/mol. The van der Waals surface area contributed by atoms with E-state index in [9.17, 15) is 9.59 Å². The van der Waals surface area contributed by atoms with Crippen LogP contribution in [0.1, 0.15) is 30.6 Å². The molecule has 0 N–H and O–H groups in total. The molecule has 1 aliphatic heterocycles. The molecule has 2 amide bonds. The predicted octanol–water partition coefficient (Wildman–Crippen LogP) is 1.70. The van der Waals surface area contributed by atoms with Gasteiger partial charge in [0.15, 0.2) is 0 Å². The van der Waals surface area contributed by atoms with E-state index in [4.69, 9.17) is 0 Å². The Hall–Kier alpha value is -1.88. The van der Waals surface area contributed by atoms with Crippen LogP contribution in [-0.2, 0) is 4.79 Å². The smallest absolute Gasteiger partial charge is 0.253 e. The van der Waals surface area contributed by atoms with Gasteiger partial charge in [0.2, 0.25) is 5.91 Å². The summed E-state index contributed by atoms with van der Waals surface area (Å²) in [7, 11) is 0. The third-order valence-corrected chi connectivity index (χ3v) is 4.48. The maximum Gasteiger partial charge on any atom is 0.253 e. The first-order valence-corrected chi connectivity index (χ1v) is 8.50. The fraction of sp³-hybridized carbons (Fsp3) is 0.556. The van der Waals surface area contributed by atoms with Gasteiger partial charge in [-0.2, -0.15) is 0 Å². The summed E-state index contributed by atoms with van der Waals surface area (Å²) < 4.78 is 0. The molecule has 1 heterocycles. The van der Waals surface area contributed by atoms with Crippen LogP contribution in [0.2, 0.25) is 0 Å². The van der Waals surface area contributed by atoms with E-state index in [0.717, 1.165) is 19.6 Å². The highest BCUT2D eigenvalue weighted by molar-refractivity contribution is 5.94. The van der Waals surface area contributed by atoms with E-state index < -0.39 is 0 Å². The summed E-state index contributed by atoms with van der Waals surface area (Å²) in [6.07, 6.45) is 0.564. The molecule has 0 saturated carbocycles. The van der Waals surface area contributed by atoms with Gasteiger partial charge >= 0.3 is 0 Å². The van der Waals surface area contributed by atoms with Crippen molar-refractivity contribution in [2.24, 2.45) is 0 Å². The van der Waals surface area contributed by atoms with Gasteiger partial charge in [-0.3, -0.25) is 9.59 Å². The minimum atomic E-state index is 0.0563. The summed E-state index contributed by atoms with van der Waals surface area (Å²) in [6, 6.07) is 9.33. The maximum absolute atomic E-state index is 12.4. The second-order valence-electron chi connectivity index (χ2n) is 5.82. The first-order valence-electron chi connectivity index (χ1n) is 8.50. The Kier molecular flexibility index (Phi) is 6.59. The third kappa shape index (κ3) is 4.79. The molecule has 5 heteroatoms. The van der Waals surface area contributed by atoms with Gasteiger partial charge < -0.3 is 14.7 Å². The van der Waals surface area contributed by atoms with Crippen LogP contribution >= 0.6 is 0 Å². The highest BCUT2D eigenvalue weighted by Crippen LogP contribution is 2.09. The summed E-state index contributed by atoms with van der Waals surface area (Å²) in [5.74, 6) is 0.254. The lowest BCUT2D eigenvalue weighted by Crippen LogP contribution is -2.51. The van der Waals surface area contributed by atoms with Crippen LogP contribution in [0, 0.1) is 0 Å². The fourth-order valence-electron chi connectivity index (χ4n) is 2.87. The average Bonchev–Trinajstić information content (AvgIpc) is 2.62. The van der Waals surface area contributed by atoms with Crippen LogP contribution in [-0.4, -0.2) is 72.3 Å². The van der Waals surface area contributed by atoms with Crippen molar-refractivity contribution in [3.8, 4) is 0 Å². The Balaban J connectivity index is 1.79. The summed E-state index contributed by atoms with van der Waals surface area (Å²) in [4.78, 5) is 30.6. The molecule has 0 aromatic heterocycles. The zero-order valence-electron chi connectivity index (χ0n) is 14.2. The molecule has 1 saturated heterocycles. The Morgan fingerprint density at radius 2 is 1.52 bits per heavy atom. The lowest BCUT2D eigenvalue weighted by molar-refractivity contribution is -0.133. The maximum atomic E-state index is 12.4. The summed E-state index contributed by atoms with van der Waals surface area (Å²) in [5, 5.41) is 0. The van der Waals surface area contributed by atoms with Crippen molar-refractivity contribution in [3.63, 3.8) is 0 Å². The molecule has 23 heavy (non-hydrogen) atoms. The van der Waals surface area contributed by atoms with Crippen LogP contribution in [0.25, 0.3) is 0 Å². The molecule has 1 aromatic rings. The molecule has 1 aromatic carbocycles. The molecule has 0 spiro atoms. The Labute approximate surface area is 138 Å². The number of piperazine rings is 1. The molecule has 1 aliphatic rings. The molecule has 5 nitrogen and oxygen atoms in total. The number of amides is 2. The van der Waals surface area contributed by atoms with Crippen LogP contribution in [0.3, 0.4) is 0 Å². The third-order valence-electron chi connectivity index (χ3n) is 4.48. The van der Waals surface area contributed by atoms with Crippen LogP contribution in [0.4, 0.5) is 0 Å². The standard InChI is InChI=1S/C18H27N3O2/c1-3-19(4-2)11-10-17(22)20-12-14-21(15-13-20)18(23)16-8-6-5-7-9-16/h5-9H,3-4,10-15H2,1-2H3. The number of carbonyl (C=O) groups excluding carboxylic acids is 2. The zero-order valence-corrected chi connectivity index (χ0v) is 14.2. The van der Waals surface area contributed by atoms with E-state index >= 15 is 0 Å². The van der Waals surface area contributed by atoms with Crippen molar-refractivity contribution in [2.75, 3.05) is 45.8 Å². The van der Waals surface area contributed by atoms with Crippen molar-refractivity contribution >= 4 is 11.8 Å². The first-order chi connectivity index (χ1) is 11.2. The van der Waals surface area contributed by atoms with Gasteiger partial charge in [-0.25, -0.2) is 0 Å². The molecule has 0 aliphatic carbocycles. The van der Waals surface area contributed by atoms with Gasteiger partial charge in [0, 0.05) is 44.7 Å². The summed E-state index contributed by atoms with van der Waals surface area (Å²) >= 11 is 0. The second-order valence-corrected chi connectivity index (χ2v) is 5.82. The average molecular weight is 317 g/mol. The van der Waals surface area contributed by atoms with Crippen LogP contribution in [0.15, 0.2) is 30.3 Å². The minimum absolute atomic E-state index is 0.0563. The van der Waals surface area contributed by atoms with Gasteiger partial charge in [-0.1, -0.05) is 32.0 Å². The zero-order chi connectivity index (χ0) is 16.7. The second kappa shape index (κ2) is 8.67. The highest BCUT2D eigenvalue weighted by atomic mass is 16.2. The van der Waals surface area contributed by atoms with Crippen LogP contribution < -0.4 is 0 Å². The molecule has 2 rings (SSSR count). The van der Waals surface area contributed by atoms with E-state index in [-0.39, 0.29) is 11.8 Å². The number of carbonyl (C=O) groups is 2. The lowest BCUT2D eigenvalue weighted by Gasteiger charge is -2.35. The van der Waals surface area contributed by atoms with E-state index in [1.807, 2.05) is 40.1 Å². The SMILES string of the molecule is CCN(CC)CCC(=O)N1CCN(C(=O)c2ccccc2)CC1. The normalized spacial score (nSPS) is 15.1. The van der Waals surface area contributed by atoms with Gasteiger partial charge in [-0.15, -0.1) is 0 Å². The molecule has 126 valence electrons. The lowest BCUT2D eigenvalue weighted by atomic mass is 10.2. The molecule has 0 bridgehead atoms. The first kappa shape index (κ1) is 17.5. The Morgan fingerprint density at radius 1 is 0.957 bits per heavy atom. The largest absolute Gasteiger partial charge is 0.339 e. The van der Waals surface area contributed by atoms with Gasteiger partial charge in [0.05, 0.1) is 0 Å². The number of rotatable bonds is 6. The quantitative estimate of drug-likeness (QED) is 0.802.